The Hall–Kier alpha value is -2.53. The van der Waals surface area contributed by atoms with Crippen molar-refractivity contribution in [2.75, 3.05) is 19.7 Å². The molecule has 0 saturated carbocycles. The van der Waals surface area contributed by atoms with Crippen LogP contribution in [0.1, 0.15) is 25.8 Å². The van der Waals surface area contributed by atoms with E-state index < -0.39 is 6.04 Å². The normalized spacial score (nSPS) is 11.5. The van der Waals surface area contributed by atoms with E-state index in [0.717, 1.165) is 5.56 Å². The van der Waals surface area contributed by atoms with Crippen molar-refractivity contribution in [3.05, 3.63) is 65.2 Å². The van der Waals surface area contributed by atoms with Gasteiger partial charge in [0.1, 0.15) is 11.8 Å². The first-order valence-corrected chi connectivity index (χ1v) is 9.92. The van der Waals surface area contributed by atoms with E-state index in [1.54, 1.807) is 29.2 Å². The summed E-state index contributed by atoms with van der Waals surface area (Å²) in [6.07, 6.45) is 1.21. The molecule has 5 nitrogen and oxygen atoms in total. The Bertz CT molecular complexity index is 750. The number of nitrogens with zero attached hydrogens (tertiary/aromatic N) is 1. The summed E-state index contributed by atoms with van der Waals surface area (Å²) in [5.41, 5.74) is 1.12. The second kappa shape index (κ2) is 11.3. The summed E-state index contributed by atoms with van der Waals surface area (Å²) in [7, 11) is 0. The summed E-state index contributed by atoms with van der Waals surface area (Å²) in [4.78, 5) is 27.0. The number of halogens is 1. The average Bonchev–Trinajstić information content (AvgIpc) is 2.71. The highest BCUT2D eigenvalue weighted by molar-refractivity contribution is 6.30. The Morgan fingerprint density at radius 2 is 1.75 bits per heavy atom. The highest BCUT2D eigenvalue weighted by atomic mass is 35.5. The van der Waals surface area contributed by atoms with Crippen molar-refractivity contribution in [1.29, 1.82) is 0 Å². The van der Waals surface area contributed by atoms with E-state index in [1.165, 1.54) is 0 Å². The number of amides is 2. The molecule has 0 heterocycles. The number of ether oxygens (including phenoxy) is 1. The third kappa shape index (κ3) is 6.57. The summed E-state index contributed by atoms with van der Waals surface area (Å²) in [5, 5.41) is 3.42. The molecule has 6 heteroatoms. The van der Waals surface area contributed by atoms with E-state index >= 15 is 0 Å². The van der Waals surface area contributed by atoms with Gasteiger partial charge in [0.2, 0.25) is 5.91 Å². The molecule has 2 aromatic rings. The molecule has 28 heavy (non-hydrogen) atoms. The van der Waals surface area contributed by atoms with Gasteiger partial charge in [-0.1, -0.05) is 48.9 Å². The number of carbonyl (C=O) groups is 2. The molecular weight excluding hydrogens is 376 g/mol. The summed E-state index contributed by atoms with van der Waals surface area (Å²) < 4.78 is 5.61. The maximum Gasteiger partial charge on any atom is 0.261 e. The first kappa shape index (κ1) is 21.8. The molecule has 0 aliphatic heterocycles. The smallest absolute Gasteiger partial charge is 0.261 e. The van der Waals surface area contributed by atoms with Crippen LogP contribution in [0.25, 0.3) is 0 Å². The molecule has 0 aromatic heterocycles. The molecule has 150 valence electrons. The molecule has 0 aliphatic rings. The Morgan fingerprint density at radius 3 is 2.36 bits per heavy atom. The van der Waals surface area contributed by atoms with Crippen molar-refractivity contribution in [3.63, 3.8) is 0 Å². The van der Waals surface area contributed by atoms with Crippen LogP contribution < -0.4 is 10.1 Å². The molecule has 0 saturated heterocycles. The van der Waals surface area contributed by atoms with Crippen molar-refractivity contribution in [2.24, 2.45) is 0 Å². The molecule has 1 N–H and O–H groups in total. The fraction of sp³-hybridized carbons (Fsp3) is 0.364. The standard InChI is InChI=1S/C22H27ClN2O3/c1-3-20(22(27)24-4-2)25(15-14-17-8-6-5-7-9-17)21(26)16-28-19-12-10-18(23)11-13-19/h5-13,20H,3-4,14-16H2,1-2H3,(H,24,27)/t20-/m1/s1. The molecule has 2 rings (SSSR count). The second-order valence-corrected chi connectivity index (χ2v) is 6.82. The van der Waals surface area contributed by atoms with Gasteiger partial charge in [-0.2, -0.15) is 0 Å². The van der Waals surface area contributed by atoms with Gasteiger partial charge < -0.3 is 15.0 Å². The molecule has 0 radical (unpaired) electrons. The van der Waals surface area contributed by atoms with Crippen LogP contribution in [0.15, 0.2) is 54.6 Å². The van der Waals surface area contributed by atoms with Gasteiger partial charge in [-0.15, -0.1) is 0 Å². The van der Waals surface area contributed by atoms with E-state index in [-0.39, 0.29) is 18.4 Å². The number of rotatable bonds is 10. The van der Waals surface area contributed by atoms with Crippen molar-refractivity contribution in [1.82, 2.24) is 10.2 Å². The van der Waals surface area contributed by atoms with Crippen molar-refractivity contribution < 1.29 is 14.3 Å². The lowest BCUT2D eigenvalue weighted by Crippen LogP contribution is -2.51. The first-order valence-electron chi connectivity index (χ1n) is 9.54. The van der Waals surface area contributed by atoms with E-state index in [9.17, 15) is 9.59 Å². The molecule has 0 spiro atoms. The summed E-state index contributed by atoms with van der Waals surface area (Å²) in [6, 6.07) is 16.2. The second-order valence-electron chi connectivity index (χ2n) is 6.38. The highest BCUT2D eigenvalue weighted by Crippen LogP contribution is 2.16. The predicted octanol–water partition coefficient (Wildman–Crippen LogP) is 3.70. The summed E-state index contributed by atoms with van der Waals surface area (Å²) in [6.45, 7) is 4.61. The zero-order chi connectivity index (χ0) is 20.4. The zero-order valence-electron chi connectivity index (χ0n) is 16.4. The van der Waals surface area contributed by atoms with Gasteiger partial charge in [-0.3, -0.25) is 9.59 Å². The maximum atomic E-state index is 12.9. The topological polar surface area (TPSA) is 58.6 Å². The summed E-state index contributed by atoms with van der Waals surface area (Å²) in [5.74, 6) is 0.203. The lowest BCUT2D eigenvalue weighted by atomic mass is 10.1. The van der Waals surface area contributed by atoms with Crippen LogP contribution >= 0.6 is 11.6 Å². The van der Waals surface area contributed by atoms with Crippen molar-refractivity contribution in [2.45, 2.75) is 32.7 Å². The molecule has 0 aliphatic carbocycles. The minimum atomic E-state index is -0.523. The lowest BCUT2D eigenvalue weighted by molar-refractivity contribution is -0.142. The van der Waals surface area contributed by atoms with E-state index in [4.69, 9.17) is 16.3 Å². The zero-order valence-corrected chi connectivity index (χ0v) is 17.1. The van der Waals surface area contributed by atoms with Gasteiger partial charge in [0, 0.05) is 18.1 Å². The van der Waals surface area contributed by atoms with Crippen molar-refractivity contribution in [3.8, 4) is 5.75 Å². The molecule has 0 fully saturated rings. The predicted molar refractivity (Wildman–Crippen MR) is 112 cm³/mol. The monoisotopic (exact) mass is 402 g/mol. The average molecular weight is 403 g/mol. The van der Waals surface area contributed by atoms with Crippen LogP contribution in [0.5, 0.6) is 5.75 Å². The maximum absolute atomic E-state index is 12.9. The van der Waals surface area contributed by atoms with E-state index in [1.807, 2.05) is 44.2 Å². The molecule has 2 aromatic carbocycles. The first-order chi connectivity index (χ1) is 13.5. The Labute approximate surface area is 171 Å². The quantitative estimate of drug-likeness (QED) is 0.659. The van der Waals surface area contributed by atoms with Crippen LogP contribution in [0.3, 0.4) is 0 Å². The number of hydrogen-bond acceptors (Lipinski definition) is 3. The van der Waals surface area contributed by atoms with Gasteiger partial charge >= 0.3 is 0 Å². The molecule has 2 amide bonds. The van der Waals surface area contributed by atoms with Crippen LogP contribution in [0.4, 0.5) is 0 Å². The largest absolute Gasteiger partial charge is 0.484 e. The van der Waals surface area contributed by atoms with Crippen LogP contribution in [0, 0.1) is 0 Å². The fourth-order valence-corrected chi connectivity index (χ4v) is 3.07. The Kier molecular flexibility index (Phi) is 8.82. The Morgan fingerprint density at radius 1 is 1.07 bits per heavy atom. The third-order valence-electron chi connectivity index (χ3n) is 4.40. The van der Waals surface area contributed by atoms with Gasteiger partial charge in [-0.25, -0.2) is 0 Å². The third-order valence-corrected chi connectivity index (χ3v) is 4.65. The molecular formula is C22H27ClN2O3. The van der Waals surface area contributed by atoms with Crippen LogP contribution in [-0.2, 0) is 16.0 Å². The minimum absolute atomic E-state index is 0.133. The number of benzene rings is 2. The van der Waals surface area contributed by atoms with Gasteiger partial charge in [0.05, 0.1) is 0 Å². The minimum Gasteiger partial charge on any atom is -0.484 e. The van der Waals surface area contributed by atoms with Crippen LogP contribution in [-0.4, -0.2) is 42.5 Å². The molecule has 0 unspecified atom stereocenters. The van der Waals surface area contributed by atoms with Crippen molar-refractivity contribution >= 4 is 23.4 Å². The molecule has 0 bridgehead atoms. The SMILES string of the molecule is CCNC(=O)[C@@H](CC)N(CCc1ccccc1)C(=O)COc1ccc(Cl)cc1. The van der Waals surface area contributed by atoms with Crippen LogP contribution in [0.2, 0.25) is 5.02 Å². The van der Waals surface area contributed by atoms with Gasteiger partial charge in [-0.05, 0) is 49.6 Å². The Balaban J connectivity index is 2.09. The van der Waals surface area contributed by atoms with E-state index in [0.29, 0.717) is 36.7 Å². The van der Waals surface area contributed by atoms with Gasteiger partial charge in [0.15, 0.2) is 6.61 Å². The highest BCUT2D eigenvalue weighted by Gasteiger charge is 2.28. The molecule has 1 atom stereocenters. The van der Waals surface area contributed by atoms with E-state index in [2.05, 4.69) is 5.32 Å². The number of nitrogens with one attached hydrogen (secondary N) is 1. The number of carbonyl (C=O) groups excluding carboxylic acids is 2. The number of likely N-dealkylation sites (N-methyl/N-ethyl adjacent to an activating group) is 1. The fourth-order valence-electron chi connectivity index (χ4n) is 2.95. The van der Waals surface area contributed by atoms with Gasteiger partial charge in [0.25, 0.3) is 5.91 Å². The number of hydrogen-bond donors (Lipinski definition) is 1. The lowest BCUT2D eigenvalue weighted by Gasteiger charge is -2.30. The summed E-state index contributed by atoms with van der Waals surface area (Å²) >= 11 is 5.87.